The molecular weight excluding hydrogens is 256 g/mol. The molecule has 2 unspecified atom stereocenters. The molecule has 2 heterocycles. The van der Waals surface area contributed by atoms with Crippen molar-refractivity contribution in [3.63, 3.8) is 0 Å². The molecule has 106 valence electrons. The Bertz CT molecular complexity index is 430. The van der Waals surface area contributed by atoms with Crippen molar-refractivity contribution in [2.45, 2.75) is 44.4 Å². The van der Waals surface area contributed by atoms with Gasteiger partial charge in [-0.3, -0.25) is 4.98 Å². The summed E-state index contributed by atoms with van der Waals surface area (Å²) in [7, 11) is 3.80. The Morgan fingerprint density at radius 1 is 1.53 bits per heavy atom. The summed E-state index contributed by atoms with van der Waals surface area (Å²) in [5.41, 5.74) is 3.46. The lowest BCUT2D eigenvalue weighted by molar-refractivity contribution is 0.406. The van der Waals surface area contributed by atoms with Gasteiger partial charge in [-0.2, -0.15) is 11.8 Å². The molecule has 3 nitrogen and oxygen atoms in total. The Kier molecular flexibility index (Phi) is 5.11. The van der Waals surface area contributed by atoms with E-state index < -0.39 is 0 Å². The molecule has 0 aromatic carbocycles. The number of nitrogens with one attached hydrogen (secondary N) is 1. The molecule has 4 heteroatoms. The number of thioether (sulfide) groups is 1. The monoisotopic (exact) mass is 280 g/mol. The third kappa shape index (κ3) is 3.23. The molecule has 2 atom stereocenters. The summed E-state index contributed by atoms with van der Waals surface area (Å²) in [6, 6.07) is 0.506. The van der Waals surface area contributed by atoms with Crippen LogP contribution in [-0.4, -0.2) is 36.2 Å². The van der Waals surface area contributed by atoms with Crippen molar-refractivity contribution in [1.29, 1.82) is 0 Å². The quantitative estimate of drug-likeness (QED) is 0.899. The fourth-order valence-corrected chi connectivity index (χ4v) is 4.26. The molecule has 1 aromatic rings. The van der Waals surface area contributed by atoms with E-state index in [0.717, 1.165) is 28.7 Å². The Labute approximate surface area is 120 Å². The number of aromatic nitrogens is 1. The van der Waals surface area contributed by atoms with Crippen molar-refractivity contribution in [1.82, 2.24) is 10.3 Å². The van der Waals surface area contributed by atoms with Crippen LogP contribution in [0.4, 0.5) is 0 Å². The molecule has 1 fully saturated rings. The van der Waals surface area contributed by atoms with Gasteiger partial charge in [0.05, 0.1) is 7.11 Å². The van der Waals surface area contributed by atoms with Crippen LogP contribution < -0.4 is 10.1 Å². The number of hydrogen-bond acceptors (Lipinski definition) is 4. The summed E-state index contributed by atoms with van der Waals surface area (Å²) in [4.78, 5) is 4.62. The fourth-order valence-electron chi connectivity index (χ4n) is 2.82. The largest absolute Gasteiger partial charge is 0.496 e. The molecular formula is C15H24N2OS. The van der Waals surface area contributed by atoms with Crippen molar-refractivity contribution in [3.8, 4) is 5.75 Å². The van der Waals surface area contributed by atoms with Crippen LogP contribution in [-0.2, 0) is 6.42 Å². The van der Waals surface area contributed by atoms with Gasteiger partial charge >= 0.3 is 0 Å². The summed E-state index contributed by atoms with van der Waals surface area (Å²) in [6.45, 7) is 4.16. The van der Waals surface area contributed by atoms with Gasteiger partial charge in [-0.25, -0.2) is 0 Å². The van der Waals surface area contributed by atoms with Gasteiger partial charge in [-0.1, -0.05) is 0 Å². The van der Waals surface area contributed by atoms with E-state index in [1.807, 2.05) is 13.1 Å². The lowest BCUT2D eigenvalue weighted by atomic mass is 10.0. The first-order valence-corrected chi connectivity index (χ1v) is 8.00. The average Bonchev–Trinajstić information content (AvgIpc) is 2.92. The van der Waals surface area contributed by atoms with E-state index in [9.17, 15) is 0 Å². The van der Waals surface area contributed by atoms with Gasteiger partial charge < -0.3 is 10.1 Å². The normalized spacial score (nSPS) is 20.5. The molecule has 1 saturated heterocycles. The Morgan fingerprint density at radius 2 is 2.32 bits per heavy atom. The van der Waals surface area contributed by atoms with Crippen molar-refractivity contribution >= 4 is 11.8 Å². The van der Waals surface area contributed by atoms with Gasteiger partial charge in [0, 0.05) is 40.7 Å². The first-order valence-electron chi connectivity index (χ1n) is 6.95. The van der Waals surface area contributed by atoms with Crippen molar-refractivity contribution in [3.05, 3.63) is 23.0 Å². The molecule has 2 rings (SSSR count). The third-order valence-electron chi connectivity index (χ3n) is 3.95. The molecule has 0 saturated carbocycles. The van der Waals surface area contributed by atoms with Crippen molar-refractivity contribution in [2.24, 2.45) is 0 Å². The van der Waals surface area contributed by atoms with Crippen molar-refractivity contribution < 1.29 is 4.74 Å². The SMILES string of the molecule is CNC(Cc1ncc(C)c(OC)c1C)C1CCCS1. The van der Waals surface area contributed by atoms with Crippen LogP contribution in [0.1, 0.15) is 29.7 Å². The van der Waals surface area contributed by atoms with E-state index in [4.69, 9.17) is 4.74 Å². The molecule has 1 aliphatic rings. The smallest absolute Gasteiger partial charge is 0.128 e. The molecule has 0 amide bonds. The molecule has 1 aromatic heterocycles. The minimum atomic E-state index is 0.506. The highest BCUT2D eigenvalue weighted by Gasteiger charge is 2.25. The van der Waals surface area contributed by atoms with Crippen LogP contribution in [0.2, 0.25) is 0 Å². The molecule has 19 heavy (non-hydrogen) atoms. The number of pyridine rings is 1. The average molecular weight is 280 g/mol. The topological polar surface area (TPSA) is 34.2 Å². The zero-order chi connectivity index (χ0) is 13.8. The predicted octanol–water partition coefficient (Wildman–Crippen LogP) is 2.73. The van der Waals surface area contributed by atoms with Gasteiger partial charge in [0.15, 0.2) is 0 Å². The summed E-state index contributed by atoms with van der Waals surface area (Å²) < 4.78 is 5.49. The second kappa shape index (κ2) is 6.62. The predicted molar refractivity (Wildman–Crippen MR) is 82.3 cm³/mol. The summed E-state index contributed by atoms with van der Waals surface area (Å²) in [6.07, 6.45) is 5.57. The summed E-state index contributed by atoms with van der Waals surface area (Å²) in [5, 5.41) is 4.19. The Hall–Kier alpha value is -0.740. The first-order chi connectivity index (χ1) is 9.17. The number of likely N-dealkylation sites (N-methyl/N-ethyl adjacent to an activating group) is 1. The van der Waals surface area contributed by atoms with Crippen LogP contribution in [0.3, 0.4) is 0 Å². The summed E-state index contributed by atoms with van der Waals surface area (Å²) >= 11 is 2.09. The van der Waals surface area contributed by atoms with Crippen LogP contribution in [0, 0.1) is 13.8 Å². The number of methoxy groups -OCH3 is 1. The molecule has 0 aliphatic carbocycles. The van der Waals surface area contributed by atoms with E-state index in [1.54, 1.807) is 7.11 Å². The lowest BCUT2D eigenvalue weighted by Gasteiger charge is -2.23. The van der Waals surface area contributed by atoms with Crippen LogP contribution in [0.25, 0.3) is 0 Å². The van der Waals surface area contributed by atoms with E-state index in [2.05, 4.69) is 36.0 Å². The Morgan fingerprint density at radius 3 is 2.89 bits per heavy atom. The number of rotatable bonds is 5. The van der Waals surface area contributed by atoms with Crippen LogP contribution in [0.15, 0.2) is 6.20 Å². The molecule has 0 bridgehead atoms. The van der Waals surface area contributed by atoms with E-state index in [0.29, 0.717) is 6.04 Å². The molecule has 0 radical (unpaired) electrons. The maximum absolute atomic E-state index is 5.49. The van der Waals surface area contributed by atoms with Gasteiger partial charge in [0.1, 0.15) is 5.75 Å². The highest BCUT2D eigenvalue weighted by Crippen LogP contribution is 2.31. The number of aryl methyl sites for hydroxylation is 1. The third-order valence-corrected chi connectivity index (χ3v) is 5.46. The van der Waals surface area contributed by atoms with Gasteiger partial charge in [-0.05, 0) is 39.5 Å². The number of ether oxygens (including phenoxy) is 1. The molecule has 1 aliphatic heterocycles. The maximum Gasteiger partial charge on any atom is 0.128 e. The van der Waals surface area contributed by atoms with E-state index in [1.165, 1.54) is 24.2 Å². The van der Waals surface area contributed by atoms with Gasteiger partial charge in [0.2, 0.25) is 0 Å². The number of hydrogen-bond donors (Lipinski definition) is 1. The van der Waals surface area contributed by atoms with E-state index >= 15 is 0 Å². The lowest BCUT2D eigenvalue weighted by Crippen LogP contribution is -2.37. The van der Waals surface area contributed by atoms with Gasteiger partial charge in [-0.15, -0.1) is 0 Å². The zero-order valence-electron chi connectivity index (χ0n) is 12.3. The standard InChI is InChI=1S/C15H24N2OS/c1-10-9-17-12(11(2)15(10)18-4)8-13(16-3)14-6-5-7-19-14/h9,13-14,16H,5-8H2,1-4H3. The summed E-state index contributed by atoms with van der Waals surface area (Å²) in [5.74, 6) is 2.28. The Balaban J connectivity index is 2.17. The van der Waals surface area contributed by atoms with Crippen LogP contribution in [0.5, 0.6) is 5.75 Å². The number of nitrogens with zero attached hydrogens (tertiary/aromatic N) is 1. The zero-order valence-corrected chi connectivity index (χ0v) is 13.1. The molecule has 1 N–H and O–H groups in total. The van der Waals surface area contributed by atoms with Gasteiger partial charge in [0.25, 0.3) is 0 Å². The second-order valence-electron chi connectivity index (χ2n) is 5.20. The van der Waals surface area contributed by atoms with Crippen LogP contribution >= 0.6 is 11.8 Å². The minimum Gasteiger partial charge on any atom is -0.496 e. The maximum atomic E-state index is 5.49. The highest BCUT2D eigenvalue weighted by molar-refractivity contribution is 8.00. The fraction of sp³-hybridized carbons (Fsp3) is 0.667. The molecule has 0 spiro atoms. The van der Waals surface area contributed by atoms with Crippen molar-refractivity contribution in [2.75, 3.05) is 19.9 Å². The first kappa shape index (κ1) is 14.7. The van der Waals surface area contributed by atoms with E-state index in [-0.39, 0.29) is 0 Å². The second-order valence-corrected chi connectivity index (χ2v) is 6.54. The minimum absolute atomic E-state index is 0.506. The highest BCUT2D eigenvalue weighted by atomic mass is 32.2.